The fourth-order valence-corrected chi connectivity index (χ4v) is 2.98. The maximum absolute atomic E-state index is 9.33. The maximum atomic E-state index is 9.33. The van der Waals surface area contributed by atoms with Crippen LogP contribution in [0.5, 0.6) is 0 Å². The molecule has 1 N–H and O–H groups in total. The van der Waals surface area contributed by atoms with Gasteiger partial charge in [0.1, 0.15) is 5.60 Å². The van der Waals surface area contributed by atoms with E-state index < -0.39 is 5.60 Å². The molecule has 0 aliphatic heterocycles. The molecule has 3 rings (SSSR count). The van der Waals surface area contributed by atoms with E-state index in [-0.39, 0.29) is 0 Å². The van der Waals surface area contributed by atoms with Gasteiger partial charge in [0.25, 0.3) is 0 Å². The molecule has 1 aliphatic carbocycles. The Labute approximate surface area is 101 Å². The van der Waals surface area contributed by atoms with Crippen LogP contribution in [-0.2, 0) is 10.5 Å². The summed E-state index contributed by atoms with van der Waals surface area (Å²) in [4.78, 5) is 4.89. The molecule has 0 radical (unpaired) electrons. The third-order valence-electron chi connectivity index (χ3n) is 3.87. The van der Waals surface area contributed by atoms with Crippen LogP contribution in [0.3, 0.4) is 0 Å². The van der Waals surface area contributed by atoms with Gasteiger partial charge in [-0.05, 0) is 42.0 Å². The number of hydrogen-bond donors (Lipinski definition) is 1. The zero-order chi connectivity index (χ0) is 11.7. The van der Waals surface area contributed by atoms with Crippen LogP contribution in [-0.4, -0.2) is 5.26 Å². The molecule has 0 saturated heterocycles. The fourth-order valence-electron chi connectivity index (χ4n) is 2.98. The summed E-state index contributed by atoms with van der Waals surface area (Å²) in [6.45, 7) is 0. The van der Waals surface area contributed by atoms with Gasteiger partial charge < -0.3 is 0 Å². The smallest absolute Gasteiger partial charge is 0.129 e. The summed E-state index contributed by atoms with van der Waals surface area (Å²) in [5.74, 6) is 0. The maximum Gasteiger partial charge on any atom is 0.129 e. The topological polar surface area (TPSA) is 29.5 Å². The largest absolute Gasteiger partial charge is 0.251 e. The Hall–Kier alpha value is -1.38. The van der Waals surface area contributed by atoms with E-state index in [2.05, 4.69) is 24.3 Å². The van der Waals surface area contributed by atoms with Crippen LogP contribution in [0.2, 0.25) is 0 Å². The SMILES string of the molecule is OOC1(c2cccc3ccccc23)CCCC1. The van der Waals surface area contributed by atoms with Crippen LogP contribution in [0.25, 0.3) is 10.8 Å². The first-order valence-corrected chi connectivity index (χ1v) is 6.17. The van der Waals surface area contributed by atoms with E-state index in [0.717, 1.165) is 31.2 Å². The van der Waals surface area contributed by atoms with Crippen LogP contribution in [0.1, 0.15) is 31.2 Å². The number of hydrogen-bond acceptors (Lipinski definition) is 2. The lowest BCUT2D eigenvalue weighted by Gasteiger charge is -2.26. The van der Waals surface area contributed by atoms with Crippen molar-refractivity contribution >= 4 is 10.8 Å². The average molecular weight is 228 g/mol. The second-order valence-corrected chi connectivity index (χ2v) is 4.82. The molecule has 2 aromatic carbocycles. The van der Waals surface area contributed by atoms with Gasteiger partial charge in [-0.2, -0.15) is 0 Å². The van der Waals surface area contributed by atoms with Gasteiger partial charge >= 0.3 is 0 Å². The van der Waals surface area contributed by atoms with Crippen molar-refractivity contribution in [2.24, 2.45) is 0 Å². The quantitative estimate of drug-likeness (QED) is 0.619. The van der Waals surface area contributed by atoms with Crippen molar-refractivity contribution in [1.82, 2.24) is 0 Å². The summed E-state index contributed by atoms with van der Waals surface area (Å²) in [6.07, 6.45) is 4.03. The average Bonchev–Trinajstić information content (AvgIpc) is 2.88. The van der Waals surface area contributed by atoms with Crippen LogP contribution >= 0.6 is 0 Å². The first-order chi connectivity index (χ1) is 8.36. The number of rotatable bonds is 2. The lowest BCUT2D eigenvalue weighted by atomic mass is 9.88. The minimum atomic E-state index is -0.485. The third-order valence-corrected chi connectivity index (χ3v) is 3.87. The van der Waals surface area contributed by atoms with Gasteiger partial charge in [0, 0.05) is 0 Å². The van der Waals surface area contributed by atoms with Crippen molar-refractivity contribution in [3.05, 3.63) is 48.0 Å². The van der Waals surface area contributed by atoms with Gasteiger partial charge in [0.2, 0.25) is 0 Å². The molecule has 0 unspecified atom stereocenters. The van der Waals surface area contributed by atoms with Crippen LogP contribution in [0.15, 0.2) is 42.5 Å². The molecule has 1 fully saturated rings. The van der Waals surface area contributed by atoms with Crippen LogP contribution in [0, 0.1) is 0 Å². The molecule has 0 amide bonds. The molecular formula is C15H16O2. The highest BCUT2D eigenvalue weighted by Crippen LogP contribution is 2.43. The van der Waals surface area contributed by atoms with E-state index in [1.165, 1.54) is 10.8 Å². The Morgan fingerprint density at radius 2 is 1.65 bits per heavy atom. The molecule has 0 heterocycles. The molecule has 1 aliphatic rings. The molecule has 2 heteroatoms. The molecule has 0 atom stereocenters. The number of fused-ring (bicyclic) bond motifs is 1. The fraction of sp³-hybridized carbons (Fsp3) is 0.333. The molecule has 0 spiro atoms. The standard InChI is InChI=1S/C15H16O2/c16-17-15(10-3-4-11-15)14-9-5-7-12-6-1-2-8-13(12)14/h1-2,5-9,16H,3-4,10-11H2. The Balaban J connectivity index is 2.22. The van der Waals surface area contributed by atoms with Crippen molar-refractivity contribution in [3.8, 4) is 0 Å². The zero-order valence-corrected chi connectivity index (χ0v) is 9.73. The van der Waals surface area contributed by atoms with Crippen molar-refractivity contribution < 1.29 is 10.1 Å². The Bertz CT molecular complexity index is 522. The van der Waals surface area contributed by atoms with Gasteiger partial charge in [-0.1, -0.05) is 42.5 Å². The molecule has 17 heavy (non-hydrogen) atoms. The van der Waals surface area contributed by atoms with Crippen molar-refractivity contribution in [1.29, 1.82) is 0 Å². The Kier molecular flexibility index (Phi) is 2.61. The van der Waals surface area contributed by atoms with Crippen molar-refractivity contribution in [2.45, 2.75) is 31.3 Å². The predicted molar refractivity (Wildman–Crippen MR) is 67.8 cm³/mol. The molecule has 2 aromatic rings. The minimum Gasteiger partial charge on any atom is -0.251 e. The van der Waals surface area contributed by atoms with Crippen molar-refractivity contribution in [2.75, 3.05) is 0 Å². The van der Waals surface area contributed by atoms with Crippen LogP contribution in [0.4, 0.5) is 0 Å². The van der Waals surface area contributed by atoms with Gasteiger partial charge in [-0.3, -0.25) is 5.26 Å². The zero-order valence-electron chi connectivity index (χ0n) is 9.73. The monoisotopic (exact) mass is 228 g/mol. The highest BCUT2D eigenvalue weighted by molar-refractivity contribution is 5.86. The third kappa shape index (κ3) is 1.65. The van der Waals surface area contributed by atoms with E-state index in [4.69, 9.17) is 4.89 Å². The summed E-state index contributed by atoms with van der Waals surface area (Å²) in [7, 11) is 0. The molecule has 0 bridgehead atoms. The summed E-state index contributed by atoms with van der Waals surface area (Å²) < 4.78 is 0. The Morgan fingerprint density at radius 3 is 2.41 bits per heavy atom. The first kappa shape index (κ1) is 10.8. The summed E-state index contributed by atoms with van der Waals surface area (Å²) in [5.41, 5.74) is 0.636. The van der Waals surface area contributed by atoms with Crippen molar-refractivity contribution in [3.63, 3.8) is 0 Å². The second-order valence-electron chi connectivity index (χ2n) is 4.82. The van der Waals surface area contributed by atoms with Gasteiger partial charge in [0.05, 0.1) is 0 Å². The van der Waals surface area contributed by atoms with E-state index in [9.17, 15) is 5.26 Å². The molecular weight excluding hydrogens is 212 g/mol. The van der Waals surface area contributed by atoms with E-state index in [1.54, 1.807) is 0 Å². The lowest BCUT2D eigenvalue weighted by molar-refractivity contribution is -0.327. The van der Waals surface area contributed by atoms with E-state index in [0.29, 0.717) is 0 Å². The highest BCUT2D eigenvalue weighted by Gasteiger charge is 2.38. The highest BCUT2D eigenvalue weighted by atomic mass is 17.1. The van der Waals surface area contributed by atoms with E-state index in [1.807, 2.05) is 18.2 Å². The minimum absolute atomic E-state index is 0.485. The predicted octanol–water partition coefficient (Wildman–Crippen LogP) is 4.10. The van der Waals surface area contributed by atoms with Crippen LogP contribution < -0.4 is 0 Å². The normalized spacial score (nSPS) is 18.6. The van der Waals surface area contributed by atoms with Gasteiger partial charge in [0.15, 0.2) is 0 Å². The summed E-state index contributed by atoms with van der Waals surface area (Å²) >= 11 is 0. The first-order valence-electron chi connectivity index (χ1n) is 6.17. The van der Waals surface area contributed by atoms with Gasteiger partial charge in [-0.25, -0.2) is 4.89 Å². The molecule has 0 aromatic heterocycles. The molecule has 88 valence electrons. The number of benzene rings is 2. The Morgan fingerprint density at radius 1 is 0.941 bits per heavy atom. The molecule has 2 nitrogen and oxygen atoms in total. The van der Waals surface area contributed by atoms with Gasteiger partial charge in [-0.15, -0.1) is 0 Å². The molecule has 1 saturated carbocycles. The second kappa shape index (κ2) is 4.13. The summed E-state index contributed by atoms with van der Waals surface area (Å²) in [5, 5.41) is 11.7. The summed E-state index contributed by atoms with van der Waals surface area (Å²) in [6, 6.07) is 14.5. The lowest BCUT2D eigenvalue weighted by Crippen LogP contribution is -2.24. The van der Waals surface area contributed by atoms with E-state index >= 15 is 0 Å².